The molecule has 0 aliphatic carbocycles. The van der Waals surface area contributed by atoms with Crippen LogP contribution in [-0.4, -0.2) is 34.1 Å². The van der Waals surface area contributed by atoms with Crippen LogP contribution in [0.3, 0.4) is 0 Å². The molecule has 9 heteroatoms. The zero-order chi connectivity index (χ0) is 30.6. The van der Waals surface area contributed by atoms with E-state index < -0.39 is 5.97 Å². The van der Waals surface area contributed by atoms with Crippen molar-refractivity contribution in [2.75, 3.05) is 7.11 Å². The highest BCUT2D eigenvalue weighted by molar-refractivity contribution is 5.88. The van der Waals surface area contributed by atoms with Gasteiger partial charge in [0.05, 0.1) is 29.8 Å². The molecule has 0 bridgehead atoms. The quantitative estimate of drug-likeness (QED) is 0.140. The topological polar surface area (TPSA) is 116 Å². The third-order valence-electron chi connectivity index (χ3n) is 7.02. The number of aromatic carboxylic acids is 1. The number of hydrogen-bond acceptors (Lipinski definition) is 7. The summed E-state index contributed by atoms with van der Waals surface area (Å²) in [5.41, 5.74) is 3.16. The average molecular weight is 586 g/mol. The van der Waals surface area contributed by atoms with Crippen LogP contribution in [0, 0.1) is 0 Å². The second kappa shape index (κ2) is 12.1. The number of hydrogen-bond donors (Lipinski definition) is 1. The van der Waals surface area contributed by atoms with Crippen LogP contribution in [0.25, 0.3) is 33.5 Å². The molecule has 0 radical (unpaired) electrons. The van der Waals surface area contributed by atoms with E-state index in [0.29, 0.717) is 51.3 Å². The molecule has 6 aromatic rings. The lowest BCUT2D eigenvalue weighted by molar-refractivity contribution is 0.0696. The van der Waals surface area contributed by atoms with Gasteiger partial charge in [0.2, 0.25) is 5.82 Å². The van der Waals surface area contributed by atoms with Crippen molar-refractivity contribution in [2.24, 2.45) is 5.10 Å². The number of allylic oxidation sites excluding steroid dienone is 1. The Bertz CT molecular complexity index is 2090. The van der Waals surface area contributed by atoms with E-state index in [2.05, 4.69) is 11.7 Å². The Labute approximate surface area is 251 Å². The van der Waals surface area contributed by atoms with Gasteiger partial charge in [0.1, 0.15) is 12.2 Å². The van der Waals surface area contributed by atoms with Gasteiger partial charge in [0.15, 0.2) is 17.3 Å². The van der Waals surface area contributed by atoms with E-state index in [9.17, 15) is 14.7 Å². The number of benzene rings is 4. The average Bonchev–Trinajstić information content (AvgIpc) is 3.48. The fourth-order valence-electron chi connectivity index (χ4n) is 4.94. The molecule has 0 atom stereocenters. The van der Waals surface area contributed by atoms with Crippen molar-refractivity contribution in [1.29, 1.82) is 0 Å². The maximum Gasteiger partial charge on any atom is 0.335 e. The first-order valence-electron chi connectivity index (χ1n) is 13.8. The molecule has 2 aromatic heterocycles. The van der Waals surface area contributed by atoms with E-state index in [1.54, 1.807) is 54.8 Å². The summed E-state index contributed by atoms with van der Waals surface area (Å²) in [6.45, 7) is 4.00. The van der Waals surface area contributed by atoms with Gasteiger partial charge in [-0.2, -0.15) is 9.78 Å². The lowest BCUT2D eigenvalue weighted by Gasteiger charge is -2.16. The number of methoxy groups -OCH3 is 1. The normalized spacial score (nSPS) is 11.3. The van der Waals surface area contributed by atoms with Crippen LogP contribution in [0.1, 0.15) is 27.0 Å². The lowest BCUT2D eigenvalue weighted by Crippen LogP contribution is -2.20. The van der Waals surface area contributed by atoms with Gasteiger partial charge in [0.25, 0.3) is 5.56 Å². The number of carbonyl (C=O) groups is 1. The van der Waals surface area contributed by atoms with Gasteiger partial charge in [-0.15, -0.1) is 6.58 Å². The summed E-state index contributed by atoms with van der Waals surface area (Å²) in [6, 6.07) is 26.7. The zero-order valence-corrected chi connectivity index (χ0v) is 23.8. The van der Waals surface area contributed by atoms with Crippen LogP contribution in [0.15, 0.2) is 118 Å². The molecule has 0 spiro atoms. The van der Waals surface area contributed by atoms with Gasteiger partial charge < -0.3 is 19.0 Å². The van der Waals surface area contributed by atoms with Crippen molar-refractivity contribution in [1.82, 2.24) is 9.66 Å². The van der Waals surface area contributed by atoms with Crippen molar-refractivity contribution < 1.29 is 23.8 Å². The summed E-state index contributed by atoms with van der Waals surface area (Å²) >= 11 is 0. The number of nitrogens with zero attached hydrogens (tertiary/aromatic N) is 3. The van der Waals surface area contributed by atoms with Gasteiger partial charge in [0, 0.05) is 10.9 Å². The number of para-hydroxylation sites is 2. The summed E-state index contributed by atoms with van der Waals surface area (Å²) in [7, 11) is 1.53. The van der Waals surface area contributed by atoms with Gasteiger partial charge in [-0.3, -0.25) is 4.79 Å². The summed E-state index contributed by atoms with van der Waals surface area (Å²) in [5.74, 6) is 0.610. The van der Waals surface area contributed by atoms with Crippen LogP contribution in [0.5, 0.6) is 11.5 Å². The molecule has 2 heterocycles. The van der Waals surface area contributed by atoms with Crippen LogP contribution in [-0.2, 0) is 13.0 Å². The molecule has 44 heavy (non-hydrogen) atoms. The number of rotatable bonds is 10. The molecule has 4 aromatic carbocycles. The van der Waals surface area contributed by atoms with Crippen molar-refractivity contribution >= 4 is 34.1 Å². The first kappa shape index (κ1) is 28.2. The zero-order valence-electron chi connectivity index (χ0n) is 23.8. The third-order valence-corrected chi connectivity index (χ3v) is 7.02. The smallest absolute Gasteiger partial charge is 0.335 e. The Hall–Kier alpha value is -5.96. The van der Waals surface area contributed by atoms with E-state index in [1.807, 2.05) is 42.5 Å². The van der Waals surface area contributed by atoms with E-state index in [0.717, 1.165) is 10.9 Å². The number of aromatic nitrogens is 2. The molecular formula is C35H27N3O6. The Morgan fingerprint density at radius 1 is 1.05 bits per heavy atom. The molecule has 0 saturated heterocycles. The van der Waals surface area contributed by atoms with Gasteiger partial charge >= 0.3 is 5.97 Å². The summed E-state index contributed by atoms with van der Waals surface area (Å²) in [6.07, 6.45) is 3.76. The summed E-state index contributed by atoms with van der Waals surface area (Å²) in [5, 5.41) is 15.2. The lowest BCUT2D eigenvalue weighted by atomic mass is 10.1. The molecule has 0 saturated carbocycles. The SMILES string of the molecule is C=CCc1cc(C=Nn2c(-c3cc4ccccc4o3)nc3ccccc3c2=O)cc(OC)c1OCc1cccc(C(=O)O)c1. The van der Waals surface area contributed by atoms with E-state index in [1.165, 1.54) is 17.9 Å². The van der Waals surface area contributed by atoms with Gasteiger partial charge in [-0.25, -0.2) is 9.78 Å². The molecule has 1 N–H and O–H groups in total. The van der Waals surface area contributed by atoms with Crippen molar-refractivity contribution in [3.63, 3.8) is 0 Å². The maximum atomic E-state index is 13.7. The fraction of sp³-hybridized carbons (Fsp3) is 0.0857. The van der Waals surface area contributed by atoms with E-state index in [4.69, 9.17) is 18.9 Å². The molecular weight excluding hydrogens is 558 g/mol. The van der Waals surface area contributed by atoms with Crippen LogP contribution in [0.2, 0.25) is 0 Å². The Kier molecular flexibility index (Phi) is 7.75. The Morgan fingerprint density at radius 3 is 2.66 bits per heavy atom. The van der Waals surface area contributed by atoms with E-state index in [-0.39, 0.29) is 23.6 Å². The standard InChI is InChI=1S/C35H27N3O6/c1-3-9-25-17-23(18-30(42-2)32(25)43-21-22-10-8-12-26(16-22)35(40)41)20-36-38-33(31-19-24-11-4-7-15-29(24)44-31)37-28-14-6-5-13-27(28)34(38)39/h3-8,10-20H,1,9,21H2,2H3,(H,40,41). The largest absolute Gasteiger partial charge is 0.493 e. The number of furan rings is 1. The highest BCUT2D eigenvalue weighted by Gasteiger charge is 2.17. The van der Waals surface area contributed by atoms with Gasteiger partial charge in [-0.1, -0.05) is 48.5 Å². The number of carboxylic acid groups (broad SMARTS) is 1. The van der Waals surface area contributed by atoms with Crippen LogP contribution >= 0.6 is 0 Å². The molecule has 218 valence electrons. The van der Waals surface area contributed by atoms with E-state index >= 15 is 0 Å². The highest BCUT2D eigenvalue weighted by atomic mass is 16.5. The minimum absolute atomic E-state index is 0.133. The summed E-state index contributed by atoms with van der Waals surface area (Å²) in [4.78, 5) is 29.8. The van der Waals surface area contributed by atoms with Crippen molar-refractivity contribution in [3.05, 3.63) is 136 Å². The second-order valence-corrected chi connectivity index (χ2v) is 9.96. The Morgan fingerprint density at radius 2 is 1.86 bits per heavy atom. The van der Waals surface area contributed by atoms with Crippen LogP contribution in [0.4, 0.5) is 0 Å². The highest BCUT2D eigenvalue weighted by Crippen LogP contribution is 2.34. The predicted molar refractivity (Wildman–Crippen MR) is 169 cm³/mol. The third kappa shape index (κ3) is 5.58. The molecule has 0 unspecified atom stereocenters. The maximum absolute atomic E-state index is 13.7. The Balaban J connectivity index is 1.40. The van der Waals surface area contributed by atoms with Crippen molar-refractivity contribution in [2.45, 2.75) is 13.0 Å². The van der Waals surface area contributed by atoms with Crippen LogP contribution < -0.4 is 15.0 Å². The first-order chi connectivity index (χ1) is 21.4. The predicted octanol–water partition coefficient (Wildman–Crippen LogP) is 6.71. The molecule has 0 aliphatic heterocycles. The molecule has 6 rings (SSSR count). The monoisotopic (exact) mass is 585 g/mol. The number of carboxylic acids is 1. The molecule has 0 fully saturated rings. The molecule has 9 nitrogen and oxygen atoms in total. The number of fused-ring (bicyclic) bond motifs is 2. The fourth-order valence-corrected chi connectivity index (χ4v) is 4.94. The van der Waals surface area contributed by atoms with Gasteiger partial charge in [-0.05, 0) is 66.1 Å². The molecule has 0 aliphatic rings. The van der Waals surface area contributed by atoms with Crippen molar-refractivity contribution in [3.8, 4) is 23.1 Å². The minimum atomic E-state index is -1.01. The molecule has 0 amide bonds. The first-order valence-corrected chi connectivity index (χ1v) is 13.8. The number of ether oxygens (including phenoxy) is 2. The summed E-state index contributed by atoms with van der Waals surface area (Å²) < 4.78 is 19.1. The minimum Gasteiger partial charge on any atom is -0.493 e. The second-order valence-electron chi connectivity index (χ2n) is 9.96.